The Morgan fingerprint density at radius 3 is 1.86 bits per heavy atom. The van der Waals surface area contributed by atoms with Crippen LogP contribution in [0, 0.1) is 6.57 Å². The van der Waals surface area contributed by atoms with E-state index in [1.807, 2.05) is 36.7 Å². The van der Waals surface area contributed by atoms with E-state index in [2.05, 4.69) is 131 Å². The van der Waals surface area contributed by atoms with Crippen molar-refractivity contribution in [1.82, 2.24) is 14.5 Å². The molecule has 0 spiro atoms. The van der Waals surface area contributed by atoms with Crippen molar-refractivity contribution in [1.29, 1.82) is 0 Å². The minimum absolute atomic E-state index is 0.637. The van der Waals surface area contributed by atoms with Crippen LogP contribution in [0.5, 0.6) is 0 Å². The van der Waals surface area contributed by atoms with E-state index in [0.29, 0.717) is 5.69 Å². The average Bonchev–Trinajstić information content (AvgIpc) is 3.49. The molecule has 226 valence electrons. The number of aromatic nitrogens is 3. The molecular formula is C45H26N4. The second-order valence-electron chi connectivity index (χ2n) is 12.5. The second kappa shape index (κ2) is 10.6. The molecule has 10 aromatic rings. The quantitative estimate of drug-likeness (QED) is 0.112. The molecular weight excluding hydrogens is 597 g/mol. The number of nitrogens with zero attached hydrogens (tertiary/aromatic N) is 4. The number of hydrogen-bond donors (Lipinski definition) is 0. The number of pyridine rings is 2. The number of benzene rings is 7. The summed E-state index contributed by atoms with van der Waals surface area (Å²) >= 11 is 0. The summed E-state index contributed by atoms with van der Waals surface area (Å²) in [5.41, 5.74) is 10.4. The fourth-order valence-corrected chi connectivity index (χ4v) is 7.79. The van der Waals surface area contributed by atoms with Crippen molar-refractivity contribution in [3.05, 3.63) is 169 Å². The van der Waals surface area contributed by atoms with Gasteiger partial charge in [-0.25, -0.2) is 4.85 Å². The van der Waals surface area contributed by atoms with Gasteiger partial charge in [-0.15, -0.1) is 0 Å². The minimum Gasteiger partial charge on any atom is -0.309 e. The average molecular weight is 623 g/mol. The fourth-order valence-electron chi connectivity index (χ4n) is 7.79. The first-order valence-electron chi connectivity index (χ1n) is 16.4. The number of para-hydroxylation sites is 1. The molecule has 0 atom stereocenters. The predicted octanol–water partition coefficient (Wildman–Crippen LogP) is 12.1. The highest BCUT2D eigenvalue weighted by atomic mass is 15.0. The molecule has 0 fully saturated rings. The molecule has 4 heteroatoms. The molecule has 4 nitrogen and oxygen atoms in total. The monoisotopic (exact) mass is 622 g/mol. The van der Waals surface area contributed by atoms with Gasteiger partial charge in [-0.05, 0) is 97.7 Å². The Morgan fingerprint density at radius 2 is 1.12 bits per heavy atom. The molecule has 10 rings (SSSR count). The van der Waals surface area contributed by atoms with Crippen molar-refractivity contribution in [3.8, 4) is 27.9 Å². The van der Waals surface area contributed by atoms with Crippen molar-refractivity contribution in [2.45, 2.75) is 0 Å². The molecule has 0 N–H and O–H groups in total. The predicted molar refractivity (Wildman–Crippen MR) is 204 cm³/mol. The first-order chi connectivity index (χ1) is 24.3. The summed E-state index contributed by atoms with van der Waals surface area (Å²) < 4.78 is 2.30. The largest absolute Gasteiger partial charge is 0.309 e. The first kappa shape index (κ1) is 27.3. The van der Waals surface area contributed by atoms with Gasteiger partial charge in [-0.1, -0.05) is 97.1 Å². The van der Waals surface area contributed by atoms with Gasteiger partial charge in [0.05, 0.1) is 28.6 Å². The molecule has 0 unspecified atom stereocenters. The maximum atomic E-state index is 7.75. The summed E-state index contributed by atoms with van der Waals surface area (Å²) in [6.45, 7) is 7.75. The third kappa shape index (κ3) is 4.03. The van der Waals surface area contributed by atoms with Crippen LogP contribution in [0.2, 0.25) is 0 Å². The van der Waals surface area contributed by atoms with Crippen molar-refractivity contribution >= 4 is 70.8 Å². The molecule has 0 bridgehead atoms. The van der Waals surface area contributed by atoms with E-state index in [1.54, 1.807) is 0 Å². The molecule has 3 heterocycles. The maximum absolute atomic E-state index is 7.75. The number of fused-ring (bicyclic) bond motifs is 8. The zero-order valence-corrected chi connectivity index (χ0v) is 26.3. The summed E-state index contributed by atoms with van der Waals surface area (Å²) in [7, 11) is 0. The van der Waals surface area contributed by atoms with Crippen LogP contribution in [0.1, 0.15) is 0 Å². The van der Waals surface area contributed by atoms with E-state index < -0.39 is 0 Å². The molecule has 0 saturated carbocycles. The summed E-state index contributed by atoms with van der Waals surface area (Å²) in [5.74, 6) is 0. The van der Waals surface area contributed by atoms with Gasteiger partial charge < -0.3 is 4.57 Å². The van der Waals surface area contributed by atoms with Crippen molar-refractivity contribution in [2.75, 3.05) is 0 Å². The normalized spacial score (nSPS) is 11.7. The van der Waals surface area contributed by atoms with Crippen molar-refractivity contribution in [2.24, 2.45) is 0 Å². The van der Waals surface area contributed by atoms with Crippen LogP contribution in [-0.4, -0.2) is 14.5 Å². The lowest BCUT2D eigenvalue weighted by Crippen LogP contribution is -1.94. The first-order valence-corrected chi connectivity index (χ1v) is 16.4. The van der Waals surface area contributed by atoms with Gasteiger partial charge in [-0.2, -0.15) is 0 Å². The van der Waals surface area contributed by atoms with Crippen LogP contribution >= 0.6 is 0 Å². The Balaban J connectivity index is 1.30. The Hall–Kier alpha value is -6.83. The van der Waals surface area contributed by atoms with Gasteiger partial charge in [0.25, 0.3) is 0 Å². The molecule has 49 heavy (non-hydrogen) atoms. The van der Waals surface area contributed by atoms with Crippen molar-refractivity contribution in [3.63, 3.8) is 0 Å². The van der Waals surface area contributed by atoms with Gasteiger partial charge in [0.1, 0.15) is 0 Å². The second-order valence-corrected chi connectivity index (χ2v) is 12.5. The topological polar surface area (TPSA) is 35.1 Å². The van der Waals surface area contributed by atoms with Gasteiger partial charge in [0.15, 0.2) is 5.69 Å². The summed E-state index contributed by atoms with van der Waals surface area (Å²) in [4.78, 5) is 13.3. The third-order valence-electron chi connectivity index (χ3n) is 9.86. The van der Waals surface area contributed by atoms with Gasteiger partial charge in [-0.3, -0.25) is 9.97 Å². The van der Waals surface area contributed by atoms with Crippen molar-refractivity contribution < 1.29 is 0 Å². The number of rotatable bonds is 3. The number of hydrogen-bond acceptors (Lipinski definition) is 2. The Morgan fingerprint density at radius 1 is 0.469 bits per heavy atom. The lowest BCUT2D eigenvalue weighted by atomic mass is 9.85. The molecule has 3 aromatic heterocycles. The third-order valence-corrected chi connectivity index (χ3v) is 9.86. The highest BCUT2D eigenvalue weighted by Gasteiger charge is 2.20. The molecule has 0 aliphatic heterocycles. The lowest BCUT2D eigenvalue weighted by molar-refractivity contribution is 1.18. The standard InChI is InChI=1S/C45H26N4/c1-46-30-19-22-41-39(27-30)38-26-29(18-21-40(38)49(41)31-11-3-2-4-12-31)42-32-13-5-7-15-34(32)43(35-16-8-6-14-33(35)42)36-23-25-48-45-37(36)20-17-28-10-9-24-47-44(28)45/h2-27H. The van der Waals surface area contributed by atoms with E-state index in [1.165, 1.54) is 32.7 Å². The summed E-state index contributed by atoms with van der Waals surface area (Å²) in [5, 5.41) is 9.11. The molecule has 0 aliphatic carbocycles. The van der Waals surface area contributed by atoms with E-state index in [-0.39, 0.29) is 0 Å². The maximum Gasteiger partial charge on any atom is 0.188 e. The summed E-state index contributed by atoms with van der Waals surface area (Å²) in [6.07, 6.45) is 3.75. The Labute approximate surface area is 282 Å². The summed E-state index contributed by atoms with van der Waals surface area (Å²) in [6, 6.07) is 51.3. The minimum atomic E-state index is 0.637. The lowest BCUT2D eigenvalue weighted by Gasteiger charge is -2.19. The van der Waals surface area contributed by atoms with Crippen LogP contribution < -0.4 is 0 Å². The zero-order valence-electron chi connectivity index (χ0n) is 26.3. The zero-order chi connectivity index (χ0) is 32.5. The van der Waals surface area contributed by atoms with E-state index in [4.69, 9.17) is 16.5 Å². The van der Waals surface area contributed by atoms with Crippen LogP contribution in [0.3, 0.4) is 0 Å². The molecule has 0 amide bonds. The van der Waals surface area contributed by atoms with E-state index in [0.717, 1.165) is 60.4 Å². The van der Waals surface area contributed by atoms with E-state index >= 15 is 0 Å². The van der Waals surface area contributed by atoms with E-state index in [9.17, 15) is 0 Å². The van der Waals surface area contributed by atoms with Crippen LogP contribution in [0.25, 0.3) is 97.9 Å². The molecule has 0 aliphatic rings. The SMILES string of the molecule is [C-]#[N+]c1ccc2c(c1)c1cc(-c3c4ccccc4c(-c4ccnc5c4ccc4cccnc45)c4ccccc34)ccc1n2-c1ccccc1. The smallest absolute Gasteiger partial charge is 0.188 e. The van der Waals surface area contributed by atoms with Crippen LogP contribution in [-0.2, 0) is 0 Å². The van der Waals surface area contributed by atoms with Gasteiger partial charge in [0.2, 0.25) is 0 Å². The van der Waals surface area contributed by atoms with Gasteiger partial charge >= 0.3 is 0 Å². The van der Waals surface area contributed by atoms with Gasteiger partial charge in [0, 0.05) is 34.2 Å². The Bertz CT molecular complexity index is 2950. The molecule has 7 aromatic carbocycles. The van der Waals surface area contributed by atoms with Crippen LogP contribution in [0.4, 0.5) is 5.69 Å². The highest BCUT2D eigenvalue weighted by molar-refractivity contribution is 6.25. The highest BCUT2D eigenvalue weighted by Crippen LogP contribution is 2.46. The Kier molecular flexibility index (Phi) is 5.90. The molecule has 0 radical (unpaired) electrons. The molecule has 0 saturated heterocycles. The van der Waals surface area contributed by atoms with Crippen LogP contribution in [0.15, 0.2) is 158 Å². The fraction of sp³-hybridized carbons (Fsp3) is 0.